The van der Waals surface area contributed by atoms with Gasteiger partial charge in [0.1, 0.15) is 0 Å². The van der Waals surface area contributed by atoms with Gasteiger partial charge in [0.2, 0.25) is 0 Å². The molecule has 1 heterocycles. The van der Waals surface area contributed by atoms with Gasteiger partial charge >= 0.3 is 12.0 Å². The number of para-hydroxylation sites is 1. The van der Waals surface area contributed by atoms with E-state index in [0.29, 0.717) is 19.1 Å². The number of urea groups is 1. The highest BCUT2D eigenvalue weighted by atomic mass is 16.4. The monoisotopic (exact) mass is 401 g/mol. The van der Waals surface area contributed by atoms with Crippen LogP contribution in [0.25, 0.3) is 0 Å². The lowest BCUT2D eigenvalue weighted by atomic mass is 9.81. The first-order valence-corrected chi connectivity index (χ1v) is 11.1. The second-order valence-corrected chi connectivity index (χ2v) is 8.68. The SMILES string of the molecule is CN(CCC1CN(C(=O)NC2CCCCC2)CCC1CC(=O)O)c1ccccc1. The number of amides is 2. The summed E-state index contributed by atoms with van der Waals surface area (Å²) in [5.74, 6) is -0.393. The Morgan fingerprint density at radius 2 is 1.83 bits per heavy atom. The van der Waals surface area contributed by atoms with Gasteiger partial charge in [0.05, 0.1) is 0 Å². The number of hydrogen-bond donors (Lipinski definition) is 2. The zero-order valence-electron chi connectivity index (χ0n) is 17.6. The molecule has 3 rings (SSSR count). The summed E-state index contributed by atoms with van der Waals surface area (Å²) in [6.07, 6.45) is 7.65. The Morgan fingerprint density at radius 3 is 2.52 bits per heavy atom. The van der Waals surface area contributed by atoms with Crippen LogP contribution in [0.15, 0.2) is 30.3 Å². The van der Waals surface area contributed by atoms with E-state index >= 15 is 0 Å². The molecule has 29 heavy (non-hydrogen) atoms. The number of aliphatic carboxylic acids is 1. The van der Waals surface area contributed by atoms with Crippen molar-refractivity contribution in [1.29, 1.82) is 0 Å². The summed E-state index contributed by atoms with van der Waals surface area (Å²) >= 11 is 0. The molecule has 0 aromatic heterocycles. The number of nitrogens with zero attached hydrogens (tertiary/aromatic N) is 2. The van der Waals surface area contributed by atoms with Crippen LogP contribution in [-0.4, -0.2) is 54.7 Å². The van der Waals surface area contributed by atoms with E-state index in [4.69, 9.17) is 0 Å². The van der Waals surface area contributed by atoms with Crippen LogP contribution >= 0.6 is 0 Å². The van der Waals surface area contributed by atoms with Gasteiger partial charge in [-0.3, -0.25) is 4.79 Å². The number of anilines is 1. The van der Waals surface area contributed by atoms with E-state index in [2.05, 4.69) is 29.4 Å². The summed E-state index contributed by atoms with van der Waals surface area (Å²) in [7, 11) is 2.07. The van der Waals surface area contributed by atoms with E-state index in [9.17, 15) is 14.7 Å². The Labute approximate surface area is 174 Å². The molecule has 1 saturated heterocycles. The summed E-state index contributed by atoms with van der Waals surface area (Å²) in [5, 5.41) is 12.5. The Kier molecular flexibility index (Phi) is 7.78. The van der Waals surface area contributed by atoms with Crippen molar-refractivity contribution >= 4 is 17.7 Å². The Morgan fingerprint density at radius 1 is 1.10 bits per heavy atom. The fourth-order valence-corrected chi connectivity index (χ4v) is 4.77. The van der Waals surface area contributed by atoms with Crippen LogP contribution < -0.4 is 10.2 Å². The number of benzene rings is 1. The van der Waals surface area contributed by atoms with Gasteiger partial charge in [0, 0.05) is 44.8 Å². The Bertz CT molecular complexity index is 661. The molecule has 1 aromatic rings. The van der Waals surface area contributed by atoms with Crippen LogP contribution in [0.3, 0.4) is 0 Å². The number of hydrogen-bond acceptors (Lipinski definition) is 3. The summed E-state index contributed by atoms with van der Waals surface area (Å²) < 4.78 is 0. The van der Waals surface area contributed by atoms with Crippen molar-refractivity contribution in [1.82, 2.24) is 10.2 Å². The average molecular weight is 402 g/mol. The number of rotatable bonds is 7. The van der Waals surface area contributed by atoms with Crippen molar-refractivity contribution in [3.05, 3.63) is 30.3 Å². The lowest BCUT2D eigenvalue weighted by Crippen LogP contribution is -2.51. The molecule has 2 unspecified atom stereocenters. The molecule has 1 saturated carbocycles. The summed E-state index contributed by atoms with van der Waals surface area (Å²) in [4.78, 5) is 28.3. The molecule has 2 aliphatic rings. The van der Waals surface area contributed by atoms with Crippen molar-refractivity contribution in [2.45, 2.75) is 57.4 Å². The quantitative estimate of drug-likeness (QED) is 0.725. The lowest BCUT2D eigenvalue weighted by molar-refractivity contribution is -0.139. The lowest BCUT2D eigenvalue weighted by Gasteiger charge is -2.39. The molecule has 6 nitrogen and oxygen atoms in total. The standard InChI is InChI=1S/C23H35N3O3/c1-25(21-10-6-3-7-11-21)14-12-19-17-26(15-13-18(19)16-22(27)28)23(29)24-20-8-4-2-5-9-20/h3,6-7,10-11,18-20H,2,4-5,8-9,12-17H2,1H3,(H,24,29)(H,27,28). The maximum Gasteiger partial charge on any atom is 0.317 e. The van der Waals surface area contributed by atoms with Crippen molar-refractivity contribution in [3.8, 4) is 0 Å². The van der Waals surface area contributed by atoms with Crippen molar-refractivity contribution in [3.63, 3.8) is 0 Å². The summed E-state index contributed by atoms with van der Waals surface area (Å²) in [6, 6.07) is 10.6. The maximum atomic E-state index is 12.8. The predicted octanol–water partition coefficient (Wildman–Crippen LogP) is 3.97. The fraction of sp³-hybridized carbons (Fsp3) is 0.652. The predicted molar refractivity (Wildman–Crippen MR) is 115 cm³/mol. The van der Waals surface area contributed by atoms with Crippen LogP contribution in [0.4, 0.5) is 10.5 Å². The Balaban J connectivity index is 1.57. The van der Waals surface area contributed by atoms with Gasteiger partial charge in [0.15, 0.2) is 0 Å². The van der Waals surface area contributed by atoms with Gasteiger partial charge < -0.3 is 20.2 Å². The first kappa shape index (κ1) is 21.5. The van der Waals surface area contributed by atoms with Crippen LogP contribution in [0, 0.1) is 11.8 Å². The molecule has 1 aliphatic carbocycles. The third kappa shape index (κ3) is 6.38. The van der Waals surface area contributed by atoms with Gasteiger partial charge in [-0.15, -0.1) is 0 Å². The van der Waals surface area contributed by atoms with Gasteiger partial charge in [0.25, 0.3) is 0 Å². The number of carboxylic acid groups (broad SMARTS) is 1. The summed E-state index contributed by atoms with van der Waals surface area (Å²) in [5.41, 5.74) is 1.16. The van der Waals surface area contributed by atoms with Crippen LogP contribution in [0.5, 0.6) is 0 Å². The number of carboxylic acids is 1. The molecule has 0 bridgehead atoms. The molecule has 1 aliphatic heterocycles. The maximum absolute atomic E-state index is 12.8. The second kappa shape index (κ2) is 10.5. The van der Waals surface area contributed by atoms with Gasteiger partial charge in [-0.1, -0.05) is 37.5 Å². The molecule has 0 spiro atoms. The number of likely N-dealkylation sites (tertiary alicyclic amines) is 1. The number of carbonyl (C=O) groups is 2. The highest BCUT2D eigenvalue weighted by Crippen LogP contribution is 2.30. The van der Waals surface area contributed by atoms with E-state index in [1.165, 1.54) is 19.3 Å². The van der Waals surface area contributed by atoms with E-state index in [0.717, 1.165) is 37.9 Å². The number of nitrogens with one attached hydrogen (secondary N) is 1. The minimum Gasteiger partial charge on any atom is -0.481 e. The van der Waals surface area contributed by atoms with Crippen molar-refractivity contribution in [2.75, 3.05) is 31.6 Å². The topological polar surface area (TPSA) is 72.9 Å². The highest BCUT2D eigenvalue weighted by Gasteiger charge is 2.33. The molecule has 2 atom stereocenters. The van der Waals surface area contributed by atoms with Crippen LogP contribution in [0.2, 0.25) is 0 Å². The smallest absolute Gasteiger partial charge is 0.317 e. The van der Waals surface area contributed by atoms with E-state index in [1.807, 2.05) is 23.1 Å². The number of carbonyl (C=O) groups excluding carboxylic acids is 1. The molecular formula is C23H35N3O3. The van der Waals surface area contributed by atoms with E-state index < -0.39 is 5.97 Å². The highest BCUT2D eigenvalue weighted by molar-refractivity contribution is 5.74. The molecule has 2 fully saturated rings. The first-order chi connectivity index (χ1) is 14.0. The molecule has 2 N–H and O–H groups in total. The number of piperidine rings is 1. The minimum atomic E-state index is -0.739. The fourth-order valence-electron chi connectivity index (χ4n) is 4.77. The minimum absolute atomic E-state index is 0.0343. The van der Waals surface area contributed by atoms with Crippen molar-refractivity contribution in [2.24, 2.45) is 11.8 Å². The molecule has 1 aromatic carbocycles. The van der Waals surface area contributed by atoms with E-state index in [1.54, 1.807) is 0 Å². The zero-order chi connectivity index (χ0) is 20.6. The normalized spacial score (nSPS) is 22.9. The zero-order valence-corrected chi connectivity index (χ0v) is 17.6. The van der Waals surface area contributed by atoms with Crippen LogP contribution in [0.1, 0.15) is 51.4 Å². The molecule has 0 radical (unpaired) electrons. The van der Waals surface area contributed by atoms with Crippen LogP contribution in [-0.2, 0) is 4.79 Å². The second-order valence-electron chi connectivity index (χ2n) is 8.68. The first-order valence-electron chi connectivity index (χ1n) is 11.1. The molecule has 6 heteroatoms. The van der Waals surface area contributed by atoms with Gasteiger partial charge in [-0.25, -0.2) is 4.79 Å². The molecular weight excluding hydrogens is 366 g/mol. The van der Waals surface area contributed by atoms with Gasteiger partial charge in [-0.2, -0.15) is 0 Å². The summed E-state index contributed by atoms with van der Waals surface area (Å²) in [6.45, 7) is 2.16. The Hall–Kier alpha value is -2.24. The third-order valence-corrected chi connectivity index (χ3v) is 6.58. The van der Waals surface area contributed by atoms with Crippen molar-refractivity contribution < 1.29 is 14.7 Å². The third-order valence-electron chi connectivity index (χ3n) is 6.58. The van der Waals surface area contributed by atoms with Gasteiger partial charge in [-0.05, 0) is 49.7 Å². The molecule has 160 valence electrons. The largest absolute Gasteiger partial charge is 0.481 e. The average Bonchev–Trinajstić information content (AvgIpc) is 2.73. The molecule has 2 amide bonds. The van der Waals surface area contributed by atoms with E-state index in [-0.39, 0.29) is 24.3 Å².